The van der Waals surface area contributed by atoms with E-state index in [0.29, 0.717) is 0 Å². The molecule has 1 aromatic carbocycles. The van der Waals surface area contributed by atoms with E-state index < -0.39 is 0 Å². The van der Waals surface area contributed by atoms with E-state index in [4.69, 9.17) is 0 Å². The van der Waals surface area contributed by atoms with E-state index >= 15 is 0 Å². The Kier molecular flexibility index (Phi) is 9.16. The van der Waals surface area contributed by atoms with Gasteiger partial charge in [-0.2, -0.15) is 0 Å². The van der Waals surface area contributed by atoms with E-state index in [2.05, 4.69) is 140 Å². The van der Waals surface area contributed by atoms with Gasteiger partial charge >= 0.3 is 0 Å². The van der Waals surface area contributed by atoms with Gasteiger partial charge in [-0.15, -0.1) is 0 Å². The van der Waals surface area contributed by atoms with Gasteiger partial charge in [0.15, 0.2) is 0 Å². The van der Waals surface area contributed by atoms with Gasteiger partial charge in [0.05, 0.1) is 14.9 Å². The molecule has 0 aromatic heterocycles. The van der Waals surface area contributed by atoms with Crippen molar-refractivity contribution in [1.82, 2.24) is 0 Å². The van der Waals surface area contributed by atoms with Crippen molar-refractivity contribution in [2.45, 2.75) is 14.9 Å². The molecular weight excluding hydrogens is 759 g/mol. The van der Waals surface area contributed by atoms with Crippen LogP contribution in [-0.4, -0.2) is 0 Å². The zero-order valence-electron chi connectivity index (χ0n) is 8.49. The van der Waals surface area contributed by atoms with Crippen LogP contribution < -0.4 is 0 Å². The molecule has 0 saturated heterocycles. The van der Waals surface area contributed by atoms with Gasteiger partial charge in [0, 0.05) is 0 Å². The first-order valence-corrected chi connectivity index (χ1v) is 11.9. The predicted octanol–water partition coefficient (Wildman–Crippen LogP) is 8.84. The third-order valence-electron chi connectivity index (χ3n) is 2.26. The molecule has 0 aliphatic carbocycles. The van der Waals surface area contributed by atoms with E-state index in [1.165, 1.54) is 22.3 Å². The third kappa shape index (κ3) is 4.78. The fraction of sp³-hybridized carbons (Fsp3) is 0.400. The summed E-state index contributed by atoms with van der Waals surface area (Å²) in [4.78, 5) is 0. The molecule has 1 rings (SSSR count). The highest BCUT2D eigenvalue weighted by molar-refractivity contribution is 9.25. The highest BCUT2D eigenvalue weighted by Gasteiger charge is 2.25. The van der Waals surface area contributed by atoms with Crippen LogP contribution in [0.25, 0.3) is 0 Å². The first-order valence-electron chi connectivity index (χ1n) is 4.56. The molecule has 0 N–H and O–H groups in total. The van der Waals surface area contributed by atoms with Crippen molar-refractivity contribution in [3.8, 4) is 0 Å². The van der Waals surface area contributed by atoms with E-state index in [1.807, 2.05) is 0 Å². The van der Waals surface area contributed by atoms with Crippen LogP contribution in [-0.2, 0) is 0 Å². The van der Waals surface area contributed by atoms with Gasteiger partial charge in [0.1, 0.15) is 0 Å². The molecule has 0 fully saturated rings. The number of hydrogen-bond donors (Lipinski definition) is 0. The van der Waals surface area contributed by atoms with Crippen molar-refractivity contribution >= 4 is 127 Å². The Morgan fingerprint density at radius 3 is 0.944 bits per heavy atom. The van der Waals surface area contributed by atoms with Crippen LogP contribution in [0, 0.1) is 0 Å². The van der Waals surface area contributed by atoms with Crippen molar-refractivity contribution in [3.05, 3.63) is 34.4 Å². The molecule has 0 amide bonds. The topological polar surface area (TPSA) is 0 Å². The van der Waals surface area contributed by atoms with Crippen LogP contribution in [0.3, 0.4) is 0 Å². The first-order chi connectivity index (χ1) is 8.27. The summed E-state index contributed by atoms with van der Waals surface area (Å²) in [6.07, 6.45) is 0. The zero-order valence-corrected chi connectivity index (χ0v) is 21.2. The smallest absolute Gasteiger partial charge is 0.0712 e. The second kappa shape index (κ2) is 8.63. The summed E-state index contributed by atoms with van der Waals surface area (Å²) in [5, 5.41) is 0. The fourth-order valence-electron chi connectivity index (χ4n) is 1.54. The molecule has 0 unspecified atom stereocenters. The highest BCUT2D eigenvalue weighted by atomic mass is 79.9. The van der Waals surface area contributed by atoms with Gasteiger partial charge in [0.25, 0.3) is 0 Å². The van der Waals surface area contributed by atoms with Gasteiger partial charge in [0.2, 0.25) is 0 Å². The standard InChI is InChI=1S/C10H6Br8/c11-7(12)3-1-2-4(8(13)14)6(10(17)18)5(3)9(15)16/h1-2,7-10H. The average molecular weight is 765 g/mol. The van der Waals surface area contributed by atoms with Crippen molar-refractivity contribution in [1.29, 1.82) is 0 Å². The summed E-state index contributed by atoms with van der Waals surface area (Å²) in [5.41, 5.74) is 4.73. The lowest BCUT2D eigenvalue weighted by Crippen LogP contribution is -2.03. The minimum atomic E-state index is 0.0731. The SMILES string of the molecule is BrC(Br)c1ccc(C(Br)Br)c(C(Br)Br)c1C(Br)Br. The summed E-state index contributed by atoms with van der Waals surface area (Å²) >= 11 is 28.7. The quantitative estimate of drug-likeness (QED) is 0.269. The van der Waals surface area contributed by atoms with E-state index in [9.17, 15) is 0 Å². The molecule has 0 heterocycles. The predicted molar refractivity (Wildman–Crippen MR) is 109 cm³/mol. The molecule has 0 bridgehead atoms. The minimum absolute atomic E-state index is 0.0731. The normalized spacial score (nSPS) is 12.2. The molecule has 0 radical (unpaired) electrons. The maximum absolute atomic E-state index is 3.61. The number of hydrogen-bond acceptors (Lipinski definition) is 0. The molecular formula is C10H6Br8. The fourth-order valence-corrected chi connectivity index (χ4v) is 5.18. The Balaban J connectivity index is 3.60. The molecule has 0 aliphatic heterocycles. The number of halogens is 8. The van der Waals surface area contributed by atoms with Crippen molar-refractivity contribution in [2.24, 2.45) is 0 Å². The molecule has 0 nitrogen and oxygen atoms in total. The molecule has 0 atom stereocenters. The lowest BCUT2D eigenvalue weighted by atomic mass is 10.00. The van der Waals surface area contributed by atoms with Crippen LogP contribution in [0.1, 0.15) is 37.2 Å². The zero-order chi connectivity index (χ0) is 14.0. The lowest BCUT2D eigenvalue weighted by Gasteiger charge is -2.22. The maximum Gasteiger partial charge on any atom is 0.0953 e. The van der Waals surface area contributed by atoms with Crippen LogP contribution >= 0.6 is 127 Å². The van der Waals surface area contributed by atoms with Gasteiger partial charge in [-0.05, 0) is 22.3 Å². The summed E-state index contributed by atoms with van der Waals surface area (Å²) in [6.45, 7) is 0. The molecule has 0 aliphatic rings. The Labute approximate surface area is 174 Å². The van der Waals surface area contributed by atoms with E-state index in [-0.39, 0.29) is 14.9 Å². The van der Waals surface area contributed by atoms with Crippen LogP contribution in [0.4, 0.5) is 0 Å². The minimum Gasteiger partial charge on any atom is -0.0712 e. The molecule has 8 heteroatoms. The lowest BCUT2D eigenvalue weighted by molar-refractivity contribution is 1.16. The summed E-state index contributed by atoms with van der Waals surface area (Å²) in [7, 11) is 0. The average Bonchev–Trinajstić information content (AvgIpc) is 2.26. The number of rotatable bonds is 4. The monoisotopic (exact) mass is 757 g/mol. The summed E-state index contributed by atoms with van der Waals surface area (Å²) in [5.74, 6) is 0. The largest absolute Gasteiger partial charge is 0.0953 e. The second-order valence-corrected chi connectivity index (χ2v) is 15.5. The molecule has 0 saturated carbocycles. The van der Waals surface area contributed by atoms with Crippen LogP contribution in [0.15, 0.2) is 12.1 Å². The Hall–Kier alpha value is 3.06. The molecule has 102 valence electrons. The summed E-state index contributed by atoms with van der Waals surface area (Å²) in [6, 6.07) is 4.21. The molecule has 18 heavy (non-hydrogen) atoms. The van der Waals surface area contributed by atoms with E-state index in [1.54, 1.807) is 0 Å². The highest BCUT2D eigenvalue weighted by Crippen LogP contribution is 2.49. The number of benzene rings is 1. The Bertz CT molecular complexity index is 374. The van der Waals surface area contributed by atoms with Gasteiger partial charge in [-0.1, -0.05) is 140 Å². The Morgan fingerprint density at radius 1 is 0.500 bits per heavy atom. The number of alkyl halides is 8. The second-order valence-electron chi connectivity index (χ2n) is 3.27. The molecule has 0 spiro atoms. The van der Waals surface area contributed by atoms with Crippen LogP contribution in [0.2, 0.25) is 0 Å². The Morgan fingerprint density at radius 2 is 0.778 bits per heavy atom. The van der Waals surface area contributed by atoms with Gasteiger partial charge in [-0.25, -0.2) is 0 Å². The third-order valence-corrected chi connectivity index (χ3v) is 6.07. The van der Waals surface area contributed by atoms with Gasteiger partial charge < -0.3 is 0 Å². The van der Waals surface area contributed by atoms with Gasteiger partial charge in [-0.3, -0.25) is 0 Å². The van der Waals surface area contributed by atoms with Crippen molar-refractivity contribution in [3.63, 3.8) is 0 Å². The van der Waals surface area contributed by atoms with Crippen molar-refractivity contribution in [2.75, 3.05) is 0 Å². The molecule has 1 aromatic rings. The first kappa shape index (κ1) is 19.1. The maximum atomic E-state index is 3.61. The van der Waals surface area contributed by atoms with Crippen LogP contribution in [0.5, 0.6) is 0 Å². The summed E-state index contributed by atoms with van der Waals surface area (Å²) < 4.78 is 0.356. The van der Waals surface area contributed by atoms with E-state index in [0.717, 1.165) is 0 Å². The van der Waals surface area contributed by atoms with Crippen molar-refractivity contribution < 1.29 is 0 Å².